The summed E-state index contributed by atoms with van der Waals surface area (Å²) in [4.78, 5) is 18.7. The quantitative estimate of drug-likeness (QED) is 0.890. The Balaban J connectivity index is 0.00000180. The second-order valence-electron chi connectivity index (χ2n) is 3.83. The Bertz CT molecular complexity index is 558. The largest absolute Gasteiger partial charge is 0.476 e. The molecule has 0 bridgehead atoms. The Labute approximate surface area is 116 Å². The highest BCUT2D eigenvalue weighted by molar-refractivity contribution is 5.85. The number of hydrogen-bond acceptors (Lipinski definition) is 4. The van der Waals surface area contributed by atoms with Crippen LogP contribution in [0.4, 0.5) is 0 Å². The van der Waals surface area contributed by atoms with Crippen molar-refractivity contribution in [2.24, 2.45) is 5.73 Å². The number of nitrogens with zero attached hydrogens (tertiary/aromatic N) is 2. The molecular weight excluding hydrogens is 266 g/mol. The fourth-order valence-electron chi connectivity index (χ4n) is 1.62. The predicted molar refractivity (Wildman–Crippen MR) is 74.4 cm³/mol. The molecule has 1 aromatic heterocycles. The van der Waals surface area contributed by atoms with E-state index < -0.39 is 5.97 Å². The Hall–Kier alpha value is -1.98. The molecule has 100 valence electrons. The fourth-order valence-corrected chi connectivity index (χ4v) is 1.62. The third-order valence-corrected chi connectivity index (χ3v) is 2.54. The van der Waals surface area contributed by atoms with Gasteiger partial charge >= 0.3 is 5.97 Å². The zero-order valence-electron chi connectivity index (χ0n) is 10.1. The summed E-state index contributed by atoms with van der Waals surface area (Å²) in [7, 11) is 0. The number of hydrogen-bond donors (Lipinski definition) is 2. The number of carboxylic acids is 1. The number of aromatic carboxylic acids is 1. The van der Waals surface area contributed by atoms with Crippen LogP contribution in [0.5, 0.6) is 0 Å². The summed E-state index contributed by atoms with van der Waals surface area (Å²) >= 11 is 0. The molecule has 1 heterocycles. The monoisotopic (exact) mass is 279 g/mol. The van der Waals surface area contributed by atoms with Gasteiger partial charge in [-0.05, 0) is 18.5 Å². The highest BCUT2D eigenvalue weighted by Crippen LogP contribution is 2.17. The van der Waals surface area contributed by atoms with Crippen LogP contribution < -0.4 is 5.73 Å². The molecular formula is C13H14ClN3O2. The van der Waals surface area contributed by atoms with Crippen molar-refractivity contribution < 1.29 is 9.90 Å². The average Bonchev–Trinajstić information content (AvgIpc) is 2.40. The molecule has 0 fully saturated rings. The van der Waals surface area contributed by atoms with Crippen LogP contribution in [0, 0.1) is 0 Å². The number of halogens is 1. The molecule has 2 aromatic rings. The summed E-state index contributed by atoms with van der Waals surface area (Å²) in [5.41, 5.74) is 7.95. The SMILES string of the molecule is Cl.NCCc1ccc(-c2cncc(C(=O)O)n2)cc1. The van der Waals surface area contributed by atoms with Gasteiger partial charge < -0.3 is 10.8 Å². The van der Waals surface area contributed by atoms with E-state index in [4.69, 9.17) is 10.8 Å². The first-order chi connectivity index (χ1) is 8.70. The summed E-state index contributed by atoms with van der Waals surface area (Å²) in [6, 6.07) is 7.69. The topological polar surface area (TPSA) is 89.1 Å². The van der Waals surface area contributed by atoms with Crippen LogP contribution in [0.3, 0.4) is 0 Å². The molecule has 2 rings (SSSR count). The number of aromatic nitrogens is 2. The highest BCUT2D eigenvalue weighted by atomic mass is 35.5. The van der Waals surface area contributed by atoms with Crippen molar-refractivity contribution >= 4 is 18.4 Å². The lowest BCUT2D eigenvalue weighted by Gasteiger charge is -2.03. The van der Waals surface area contributed by atoms with E-state index in [0.717, 1.165) is 17.5 Å². The number of carboxylic acid groups (broad SMARTS) is 1. The minimum absolute atomic E-state index is 0. The average molecular weight is 280 g/mol. The molecule has 0 saturated carbocycles. The molecule has 0 saturated heterocycles. The van der Waals surface area contributed by atoms with Gasteiger partial charge in [-0.1, -0.05) is 24.3 Å². The maximum Gasteiger partial charge on any atom is 0.356 e. The third-order valence-electron chi connectivity index (χ3n) is 2.54. The summed E-state index contributed by atoms with van der Waals surface area (Å²) in [5.74, 6) is -1.08. The van der Waals surface area contributed by atoms with Crippen molar-refractivity contribution in [2.45, 2.75) is 6.42 Å². The normalized spacial score (nSPS) is 9.74. The molecule has 0 aliphatic heterocycles. The first-order valence-electron chi connectivity index (χ1n) is 5.55. The van der Waals surface area contributed by atoms with Crippen molar-refractivity contribution in [3.8, 4) is 11.3 Å². The van der Waals surface area contributed by atoms with E-state index in [0.29, 0.717) is 12.2 Å². The van der Waals surface area contributed by atoms with Gasteiger partial charge in [0.25, 0.3) is 0 Å². The van der Waals surface area contributed by atoms with Crippen LogP contribution in [0.2, 0.25) is 0 Å². The van der Waals surface area contributed by atoms with E-state index in [2.05, 4.69) is 9.97 Å². The molecule has 0 spiro atoms. The Morgan fingerprint density at radius 3 is 2.47 bits per heavy atom. The highest BCUT2D eigenvalue weighted by Gasteiger charge is 2.07. The summed E-state index contributed by atoms with van der Waals surface area (Å²) in [5, 5.41) is 8.85. The van der Waals surface area contributed by atoms with Crippen molar-refractivity contribution in [3.05, 3.63) is 47.9 Å². The van der Waals surface area contributed by atoms with Crippen LogP contribution in [0.15, 0.2) is 36.7 Å². The predicted octanol–water partition coefficient (Wildman–Crippen LogP) is 1.76. The van der Waals surface area contributed by atoms with Crippen LogP contribution in [0.1, 0.15) is 16.1 Å². The van der Waals surface area contributed by atoms with E-state index in [1.54, 1.807) is 6.20 Å². The van der Waals surface area contributed by atoms with Gasteiger partial charge in [0.15, 0.2) is 5.69 Å². The first kappa shape index (κ1) is 15.1. The number of rotatable bonds is 4. The summed E-state index contributed by atoms with van der Waals surface area (Å²) < 4.78 is 0. The zero-order chi connectivity index (χ0) is 13.0. The molecule has 1 aromatic carbocycles. The molecule has 0 atom stereocenters. The Morgan fingerprint density at radius 2 is 1.89 bits per heavy atom. The number of nitrogens with two attached hydrogens (primary N) is 1. The standard InChI is InChI=1S/C13H13N3O2.ClH/c14-6-5-9-1-3-10(4-2-9)11-7-15-8-12(16-11)13(17)18;/h1-4,7-8H,5-6,14H2,(H,17,18);1H. The fraction of sp³-hybridized carbons (Fsp3) is 0.154. The van der Waals surface area contributed by atoms with Gasteiger partial charge in [0.05, 0.1) is 18.1 Å². The van der Waals surface area contributed by atoms with Crippen LogP contribution >= 0.6 is 12.4 Å². The molecule has 5 nitrogen and oxygen atoms in total. The van der Waals surface area contributed by atoms with Crippen LogP contribution in [-0.4, -0.2) is 27.6 Å². The van der Waals surface area contributed by atoms with E-state index >= 15 is 0 Å². The lowest BCUT2D eigenvalue weighted by Crippen LogP contribution is -2.03. The number of benzene rings is 1. The lowest BCUT2D eigenvalue weighted by atomic mass is 10.1. The van der Waals surface area contributed by atoms with Gasteiger partial charge in [-0.3, -0.25) is 4.98 Å². The van der Waals surface area contributed by atoms with Gasteiger partial charge in [0.2, 0.25) is 0 Å². The van der Waals surface area contributed by atoms with Crippen LogP contribution in [0.25, 0.3) is 11.3 Å². The van der Waals surface area contributed by atoms with Gasteiger partial charge in [0.1, 0.15) is 0 Å². The van der Waals surface area contributed by atoms with Gasteiger partial charge in [-0.2, -0.15) is 0 Å². The van der Waals surface area contributed by atoms with Crippen molar-refractivity contribution in [1.29, 1.82) is 0 Å². The Morgan fingerprint density at radius 1 is 1.21 bits per heavy atom. The summed E-state index contributed by atoms with van der Waals surface area (Å²) in [6.07, 6.45) is 3.60. The molecule has 0 aliphatic rings. The maximum atomic E-state index is 10.8. The van der Waals surface area contributed by atoms with E-state index in [1.165, 1.54) is 6.20 Å². The molecule has 3 N–H and O–H groups in total. The van der Waals surface area contributed by atoms with E-state index in [-0.39, 0.29) is 18.1 Å². The molecule has 0 radical (unpaired) electrons. The second-order valence-corrected chi connectivity index (χ2v) is 3.83. The van der Waals surface area contributed by atoms with Gasteiger partial charge in [0, 0.05) is 5.56 Å². The zero-order valence-corrected chi connectivity index (χ0v) is 10.9. The Kier molecular flexibility index (Phi) is 5.41. The van der Waals surface area contributed by atoms with Crippen molar-refractivity contribution in [2.75, 3.05) is 6.54 Å². The van der Waals surface area contributed by atoms with Crippen molar-refractivity contribution in [3.63, 3.8) is 0 Å². The van der Waals surface area contributed by atoms with Crippen molar-refractivity contribution in [1.82, 2.24) is 9.97 Å². The number of carbonyl (C=O) groups is 1. The summed E-state index contributed by atoms with van der Waals surface area (Å²) in [6.45, 7) is 0.605. The smallest absolute Gasteiger partial charge is 0.356 e. The first-order valence-corrected chi connectivity index (χ1v) is 5.55. The minimum atomic E-state index is -1.08. The van der Waals surface area contributed by atoms with E-state index in [1.807, 2.05) is 24.3 Å². The maximum absolute atomic E-state index is 10.8. The van der Waals surface area contributed by atoms with Crippen LogP contribution in [-0.2, 0) is 6.42 Å². The molecule has 6 heteroatoms. The minimum Gasteiger partial charge on any atom is -0.476 e. The molecule has 0 amide bonds. The molecule has 0 unspecified atom stereocenters. The van der Waals surface area contributed by atoms with Gasteiger partial charge in [-0.15, -0.1) is 12.4 Å². The lowest BCUT2D eigenvalue weighted by molar-refractivity contribution is 0.0690. The molecule has 19 heavy (non-hydrogen) atoms. The third kappa shape index (κ3) is 3.74. The second kappa shape index (κ2) is 6.82. The molecule has 0 aliphatic carbocycles. The van der Waals surface area contributed by atoms with Gasteiger partial charge in [-0.25, -0.2) is 9.78 Å². The van der Waals surface area contributed by atoms with E-state index in [9.17, 15) is 4.79 Å².